The summed E-state index contributed by atoms with van der Waals surface area (Å²) >= 11 is 0. The van der Waals surface area contributed by atoms with Crippen LogP contribution in [0.2, 0.25) is 0 Å². The Morgan fingerprint density at radius 1 is 0.889 bits per heavy atom. The maximum Gasteiger partial charge on any atom is 0.329 e. The summed E-state index contributed by atoms with van der Waals surface area (Å²) in [4.78, 5) is 25.2. The molecule has 0 unspecified atom stereocenters. The fourth-order valence-electron chi connectivity index (χ4n) is 3.55. The molecule has 4 rings (SSSR count). The van der Waals surface area contributed by atoms with Gasteiger partial charge in [-0.05, 0) is 30.5 Å². The minimum absolute atomic E-state index is 0.0725. The summed E-state index contributed by atoms with van der Waals surface area (Å²) in [6.07, 6.45) is 0.237. The van der Waals surface area contributed by atoms with Gasteiger partial charge in [0.25, 0.3) is 0 Å². The first-order chi connectivity index (χ1) is 13.2. The van der Waals surface area contributed by atoms with Crippen molar-refractivity contribution in [2.75, 3.05) is 5.32 Å². The molecule has 0 spiro atoms. The summed E-state index contributed by atoms with van der Waals surface area (Å²) in [6, 6.07) is 21.5. The van der Waals surface area contributed by atoms with Gasteiger partial charge in [-0.15, -0.1) is 0 Å². The van der Waals surface area contributed by atoms with Crippen molar-refractivity contribution in [1.29, 1.82) is 0 Å². The van der Waals surface area contributed by atoms with E-state index >= 15 is 0 Å². The molecule has 0 aliphatic heterocycles. The molecule has 1 aromatic heterocycles. The van der Waals surface area contributed by atoms with Crippen LogP contribution in [0.15, 0.2) is 71.5 Å². The van der Waals surface area contributed by atoms with Crippen molar-refractivity contribution < 1.29 is 4.79 Å². The monoisotopic (exact) mass is 359 g/mol. The zero-order valence-corrected chi connectivity index (χ0v) is 15.2. The molecule has 0 atom stereocenters. The number of anilines is 1. The lowest BCUT2D eigenvalue weighted by Crippen LogP contribution is -2.25. The first kappa shape index (κ1) is 17.1. The molecule has 136 valence electrons. The van der Waals surface area contributed by atoms with Crippen LogP contribution in [0.4, 0.5) is 5.69 Å². The van der Waals surface area contributed by atoms with Crippen LogP contribution in [0.3, 0.4) is 0 Å². The number of carbonyl (C=O) groups excluding carboxylic acids is 1. The van der Waals surface area contributed by atoms with Gasteiger partial charge in [0.05, 0.1) is 11.0 Å². The van der Waals surface area contributed by atoms with Crippen LogP contribution < -0.4 is 11.0 Å². The standard InChI is InChI=1S/C22H21N3O2/c1-2-24-19-12-5-6-13-20(19)25(22(24)27)15-14-21(26)23-18-11-7-9-16-8-3-4-10-17(16)18/h3-13H,2,14-15H2,1H3,(H,23,26). The summed E-state index contributed by atoms with van der Waals surface area (Å²) in [7, 11) is 0. The molecule has 27 heavy (non-hydrogen) atoms. The van der Waals surface area contributed by atoms with Gasteiger partial charge in [-0.1, -0.05) is 48.5 Å². The van der Waals surface area contributed by atoms with E-state index in [9.17, 15) is 9.59 Å². The largest absolute Gasteiger partial charge is 0.329 e. The molecule has 4 aromatic rings. The Kier molecular flexibility index (Phi) is 4.50. The van der Waals surface area contributed by atoms with E-state index in [2.05, 4.69) is 5.32 Å². The lowest BCUT2D eigenvalue weighted by molar-refractivity contribution is -0.116. The van der Waals surface area contributed by atoms with Crippen LogP contribution in [0.5, 0.6) is 0 Å². The number of amides is 1. The summed E-state index contributed by atoms with van der Waals surface area (Å²) < 4.78 is 3.42. The van der Waals surface area contributed by atoms with Crippen molar-refractivity contribution in [2.24, 2.45) is 0 Å². The number of rotatable bonds is 5. The Morgan fingerprint density at radius 2 is 1.56 bits per heavy atom. The fourth-order valence-corrected chi connectivity index (χ4v) is 3.55. The molecule has 0 saturated heterocycles. The van der Waals surface area contributed by atoms with Gasteiger partial charge in [0, 0.05) is 30.6 Å². The van der Waals surface area contributed by atoms with Crippen molar-refractivity contribution in [3.8, 4) is 0 Å². The fraction of sp³-hybridized carbons (Fsp3) is 0.182. The summed E-state index contributed by atoms with van der Waals surface area (Å²) in [6.45, 7) is 2.91. The van der Waals surface area contributed by atoms with Gasteiger partial charge in [-0.3, -0.25) is 13.9 Å². The van der Waals surface area contributed by atoms with Crippen LogP contribution in [0, 0.1) is 0 Å². The molecular formula is C22H21N3O2. The van der Waals surface area contributed by atoms with E-state index in [1.54, 1.807) is 9.13 Å². The molecule has 0 radical (unpaired) electrons. The Morgan fingerprint density at radius 3 is 2.33 bits per heavy atom. The number of nitrogens with one attached hydrogen (secondary N) is 1. The molecule has 0 bridgehead atoms. The molecule has 5 heteroatoms. The van der Waals surface area contributed by atoms with Gasteiger partial charge in [-0.25, -0.2) is 4.79 Å². The molecular weight excluding hydrogens is 338 g/mol. The molecule has 0 fully saturated rings. The highest BCUT2D eigenvalue weighted by Gasteiger charge is 2.13. The van der Waals surface area contributed by atoms with Crippen molar-refractivity contribution >= 4 is 33.4 Å². The molecule has 5 nitrogen and oxygen atoms in total. The number of carbonyl (C=O) groups is 1. The smallest absolute Gasteiger partial charge is 0.325 e. The first-order valence-corrected chi connectivity index (χ1v) is 9.14. The predicted octanol–water partition coefficient (Wildman–Crippen LogP) is 4.00. The molecule has 3 aromatic carbocycles. The number of hydrogen-bond acceptors (Lipinski definition) is 2. The topological polar surface area (TPSA) is 56.0 Å². The van der Waals surface area contributed by atoms with E-state index in [-0.39, 0.29) is 18.0 Å². The number of hydrogen-bond donors (Lipinski definition) is 1. The Labute approximate surface area is 156 Å². The first-order valence-electron chi connectivity index (χ1n) is 9.14. The highest BCUT2D eigenvalue weighted by Crippen LogP contribution is 2.23. The zero-order chi connectivity index (χ0) is 18.8. The molecule has 0 saturated carbocycles. The van der Waals surface area contributed by atoms with E-state index in [4.69, 9.17) is 0 Å². The highest BCUT2D eigenvalue weighted by molar-refractivity contribution is 6.02. The van der Waals surface area contributed by atoms with Crippen LogP contribution in [-0.4, -0.2) is 15.0 Å². The van der Waals surface area contributed by atoms with Crippen LogP contribution in [0.1, 0.15) is 13.3 Å². The average molecular weight is 359 g/mol. The van der Waals surface area contributed by atoms with Gasteiger partial charge in [0.15, 0.2) is 0 Å². The second-order valence-electron chi connectivity index (χ2n) is 6.49. The van der Waals surface area contributed by atoms with Crippen LogP contribution in [0.25, 0.3) is 21.8 Å². The predicted molar refractivity (Wildman–Crippen MR) is 109 cm³/mol. The zero-order valence-electron chi connectivity index (χ0n) is 15.2. The Bertz CT molecular complexity index is 1180. The maximum absolute atomic E-state index is 12.7. The molecule has 1 amide bonds. The quantitative estimate of drug-likeness (QED) is 0.585. The van der Waals surface area contributed by atoms with E-state index in [0.29, 0.717) is 13.1 Å². The minimum atomic E-state index is -0.105. The van der Waals surface area contributed by atoms with Gasteiger partial charge < -0.3 is 5.32 Å². The number of fused-ring (bicyclic) bond motifs is 2. The molecule has 0 aliphatic carbocycles. The summed E-state index contributed by atoms with van der Waals surface area (Å²) in [5.41, 5.74) is 2.49. The SMILES string of the molecule is CCn1c(=O)n(CCC(=O)Nc2cccc3ccccc23)c2ccccc21. The minimum Gasteiger partial charge on any atom is -0.325 e. The van der Waals surface area contributed by atoms with Crippen molar-refractivity contribution in [3.63, 3.8) is 0 Å². The van der Waals surface area contributed by atoms with Gasteiger partial charge in [0.1, 0.15) is 0 Å². The number of imidazole rings is 1. The van der Waals surface area contributed by atoms with Crippen molar-refractivity contribution in [1.82, 2.24) is 9.13 Å². The Hall–Kier alpha value is -3.34. The van der Waals surface area contributed by atoms with Crippen molar-refractivity contribution in [2.45, 2.75) is 26.4 Å². The lowest BCUT2D eigenvalue weighted by Gasteiger charge is -2.09. The molecule has 1 N–H and O–H groups in total. The van der Waals surface area contributed by atoms with E-state index < -0.39 is 0 Å². The third kappa shape index (κ3) is 3.12. The number of aromatic nitrogens is 2. The maximum atomic E-state index is 12.7. The second-order valence-corrected chi connectivity index (χ2v) is 6.49. The van der Waals surface area contributed by atoms with Crippen LogP contribution in [-0.2, 0) is 17.9 Å². The van der Waals surface area contributed by atoms with E-state index in [0.717, 1.165) is 27.5 Å². The molecule has 0 aliphatic rings. The summed E-state index contributed by atoms with van der Waals surface area (Å²) in [5, 5.41) is 5.07. The molecule has 1 heterocycles. The van der Waals surface area contributed by atoms with Gasteiger partial charge in [0.2, 0.25) is 5.91 Å². The number of nitrogens with zero attached hydrogens (tertiary/aromatic N) is 2. The second kappa shape index (κ2) is 7.11. The number of aryl methyl sites for hydroxylation is 2. The van der Waals surface area contributed by atoms with Crippen LogP contribution >= 0.6 is 0 Å². The van der Waals surface area contributed by atoms with Crippen molar-refractivity contribution in [3.05, 3.63) is 77.2 Å². The normalized spacial score (nSPS) is 11.1. The Balaban J connectivity index is 1.56. The highest BCUT2D eigenvalue weighted by atomic mass is 16.2. The summed E-state index contributed by atoms with van der Waals surface area (Å²) in [5.74, 6) is -0.105. The number of benzene rings is 3. The lowest BCUT2D eigenvalue weighted by atomic mass is 10.1. The van der Waals surface area contributed by atoms with E-state index in [1.165, 1.54) is 0 Å². The van der Waals surface area contributed by atoms with E-state index in [1.807, 2.05) is 73.7 Å². The van der Waals surface area contributed by atoms with Gasteiger partial charge in [-0.2, -0.15) is 0 Å². The third-order valence-corrected chi connectivity index (χ3v) is 4.87. The third-order valence-electron chi connectivity index (χ3n) is 4.87. The van der Waals surface area contributed by atoms with Gasteiger partial charge >= 0.3 is 5.69 Å². The average Bonchev–Trinajstić information content (AvgIpc) is 2.97. The number of para-hydroxylation sites is 2.